The Bertz CT molecular complexity index is 813. The molecule has 1 aromatic heterocycles. The molecule has 0 aliphatic rings. The van der Waals surface area contributed by atoms with Crippen LogP contribution in [-0.2, 0) is 10.0 Å². The van der Waals surface area contributed by atoms with Gasteiger partial charge < -0.3 is 11.1 Å². The van der Waals surface area contributed by atoms with Crippen molar-refractivity contribution in [1.29, 1.82) is 0 Å². The molecule has 0 spiro atoms. The van der Waals surface area contributed by atoms with Crippen LogP contribution in [0.15, 0.2) is 35.4 Å². The summed E-state index contributed by atoms with van der Waals surface area (Å²) in [4.78, 5) is 7.78. The van der Waals surface area contributed by atoms with Crippen molar-refractivity contribution in [1.82, 2.24) is 14.7 Å². The zero-order valence-corrected chi connectivity index (χ0v) is 14.4. The molecule has 0 aliphatic heterocycles. The van der Waals surface area contributed by atoms with Gasteiger partial charge in [0.05, 0.1) is 6.20 Å². The highest BCUT2D eigenvalue weighted by molar-refractivity contribution is 7.89. The topological polar surface area (TPSA) is 110 Å². The number of nitrogen functional groups attached to an aromatic ring is 1. The van der Waals surface area contributed by atoms with Gasteiger partial charge in [-0.25, -0.2) is 18.1 Å². The van der Waals surface area contributed by atoms with Gasteiger partial charge in [0.2, 0.25) is 16.0 Å². The lowest BCUT2D eigenvalue weighted by Crippen LogP contribution is -2.40. The van der Waals surface area contributed by atoms with Crippen molar-refractivity contribution in [2.24, 2.45) is 0 Å². The van der Waals surface area contributed by atoms with E-state index in [1.165, 1.54) is 6.20 Å². The van der Waals surface area contributed by atoms with Crippen LogP contribution in [0, 0.1) is 6.92 Å². The fraction of sp³-hybridized carbons (Fsp3) is 0.333. The van der Waals surface area contributed by atoms with Crippen LogP contribution in [0.3, 0.4) is 0 Å². The third-order valence-corrected chi connectivity index (χ3v) is 4.54. The molecule has 8 heteroatoms. The van der Waals surface area contributed by atoms with Crippen molar-refractivity contribution in [2.45, 2.75) is 38.1 Å². The first kappa shape index (κ1) is 17.2. The van der Waals surface area contributed by atoms with Gasteiger partial charge in [-0.3, -0.25) is 0 Å². The summed E-state index contributed by atoms with van der Waals surface area (Å²) >= 11 is 0. The van der Waals surface area contributed by atoms with Crippen LogP contribution in [0.5, 0.6) is 0 Å². The van der Waals surface area contributed by atoms with Crippen molar-refractivity contribution in [3.8, 4) is 0 Å². The monoisotopic (exact) mass is 335 g/mol. The second-order valence-corrected chi connectivity index (χ2v) is 7.94. The van der Waals surface area contributed by atoms with Crippen LogP contribution in [0.2, 0.25) is 0 Å². The Morgan fingerprint density at radius 1 is 1.22 bits per heavy atom. The van der Waals surface area contributed by atoms with Gasteiger partial charge in [0, 0.05) is 11.2 Å². The van der Waals surface area contributed by atoms with Crippen molar-refractivity contribution < 1.29 is 8.42 Å². The summed E-state index contributed by atoms with van der Waals surface area (Å²) in [5.41, 5.74) is 6.73. The molecule has 7 nitrogen and oxygen atoms in total. The molecule has 1 aromatic carbocycles. The molecule has 1 heterocycles. The van der Waals surface area contributed by atoms with E-state index < -0.39 is 15.6 Å². The predicted octanol–water partition coefficient (Wildman–Crippen LogP) is 2.19. The molecule has 0 fully saturated rings. The summed E-state index contributed by atoms with van der Waals surface area (Å²) in [5.74, 6) is 0.134. The van der Waals surface area contributed by atoms with Crippen molar-refractivity contribution >= 4 is 27.5 Å². The van der Waals surface area contributed by atoms with Crippen LogP contribution in [0.25, 0.3) is 0 Å². The summed E-state index contributed by atoms with van der Waals surface area (Å²) in [5, 5.41) is 3.00. The third kappa shape index (κ3) is 4.64. The van der Waals surface area contributed by atoms with Crippen LogP contribution >= 0.6 is 0 Å². The van der Waals surface area contributed by atoms with Gasteiger partial charge in [-0.15, -0.1) is 0 Å². The summed E-state index contributed by atoms with van der Waals surface area (Å²) in [6.45, 7) is 7.22. The van der Waals surface area contributed by atoms with Crippen LogP contribution in [-0.4, -0.2) is 23.9 Å². The number of sulfonamides is 1. The number of nitrogens with two attached hydrogens (primary N) is 1. The Hall–Kier alpha value is -2.19. The van der Waals surface area contributed by atoms with Crippen LogP contribution in [0.4, 0.5) is 17.5 Å². The Kier molecular flexibility index (Phi) is 4.58. The molecule has 0 bridgehead atoms. The zero-order chi connectivity index (χ0) is 17.3. The van der Waals surface area contributed by atoms with Crippen molar-refractivity contribution in [3.05, 3.63) is 36.0 Å². The quantitative estimate of drug-likeness (QED) is 0.790. The second kappa shape index (κ2) is 6.13. The number of hydrogen-bond acceptors (Lipinski definition) is 6. The van der Waals surface area contributed by atoms with E-state index in [0.29, 0.717) is 0 Å². The van der Waals surface area contributed by atoms with E-state index in [1.807, 2.05) is 31.2 Å². The molecule has 0 saturated carbocycles. The maximum absolute atomic E-state index is 12.6. The van der Waals surface area contributed by atoms with E-state index in [2.05, 4.69) is 20.0 Å². The molecule has 2 aromatic rings. The van der Waals surface area contributed by atoms with Gasteiger partial charge in [0.1, 0.15) is 4.90 Å². The maximum atomic E-state index is 12.6. The van der Waals surface area contributed by atoms with E-state index in [-0.39, 0.29) is 16.7 Å². The van der Waals surface area contributed by atoms with E-state index in [9.17, 15) is 8.42 Å². The largest absolute Gasteiger partial charge is 0.368 e. The number of aromatic nitrogens is 2. The smallest absolute Gasteiger partial charge is 0.246 e. The van der Waals surface area contributed by atoms with Gasteiger partial charge in [-0.2, -0.15) is 4.98 Å². The number of nitrogens with zero attached hydrogens (tertiary/aromatic N) is 2. The van der Waals surface area contributed by atoms with Gasteiger partial charge in [0.15, 0.2) is 5.82 Å². The SMILES string of the molecule is Cc1cccc(Nc2nc(N)ncc2S(=O)(=O)NC(C)(C)C)c1. The standard InChI is InChI=1S/C15H21N5O2S/c1-10-6-5-7-11(8-10)18-13-12(9-17-14(16)19-13)23(21,22)20-15(2,3)4/h5-9,20H,1-4H3,(H3,16,17,18,19). The average molecular weight is 335 g/mol. The summed E-state index contributed by atoms with van der Waals surface area (Å²) in [6, 6.07) is 7.51. The van der Waals surface area contributed by atoms with Crippen molar-refractivity contribution in [2.75, 3.05) is 11.1 Å². The number of benzene rings is 1. The fourth-order valence-corrected chi connectivity index (χ4v) is 3.45. The normalized spacial score (nSPS) is 12.2. The molecule has 0 aliphatic carbocycles. The van der Waals surface area contributed by atoms with Gasteiger partial charge in [-0.1, -0.05) is 12.1 Å². The van der Waals surface area contributed by atoms with Gasteiger partial charge in [0.25, 0.3) is 0 Å². The number of hydrogen-bond donors (Lipinski definition) is 3. The number of anilines is 3. The molecular formula is C15H21N5O2S. The zero-order valence-electron chi connectivity index (χ0n) is 13.6. The number of aryl methyl sites for hydroxylation is 1. The maximum Gasteiger partial charge on any atom is 0.246 e. The molecule has 124 valence electrons. The van der Waals surface area contributed by atoms with E-state index in [0.717, 1.165) is 11.3 Å². The average Bonchev–Trinajstić information content (AvgIpc) is 2.35. The minimum atomic E-state index is -3.79. The number of nitrogens with one attached hydrogen (secondary N) is 2. The second-order valence-electron chi connectivity index (χ2n) is 6.29. The molecular weight excluding hydrogens is 314 g/mol. The minimum Gasteiger partial charge on any atom is -0.368 e. The van der Waals surface area contributed by atoms with E-state index in [4.69, 9.17) is 5.73 Å². The summed E-state index contributed by atoms with van der Waals surface area (Å²) in [7, 11) is -3.79. The van der Waals surface area contributed by atoms with Crippen LogP contribution in [0.1, 0.15) is 26.3 Å². The van der Waals surface area contributed by atoms with Gasteiger partial charge >= 0.3 is 0 Å². The molecule has 0 atom stereocenters. The van der Waals surface area contributed by atoms with Gasteiger partial charge in [-0.05, 0) is 45.4 Å². The number of rotatable bonds is 4. The van der Waals surface area contributed by atoms with Crippen molar-refractivity contribution in [3.63, 3.8) is 0 Å². The Labute approximate surface area is 136 Å². The Balaban J connectivity index is 2.46. The highest BCUT2D eigenvalue weighted by atomic mass is 32.2. The molecule has 0 amide bonds. The lowest BCUT2D eigenvalue weighted by atomic mass is 10.1. The Morgan fingerprint density at radius 3 is 2.52 bits per heavy atom. The predicted molar refractivity (Wildman–Crippen MR) is 91.0 cm³/mol. The first-order valence-electron chi connectivity index (χ1n) is 7.07. The lowest BCUT2D eigenvalue weighted by molar-refractivity contribution is 0.491. The molecule has 2 rings (SSSR count). The fourth-order valence-electron chi connectivity index (χ4n) is 1.99. The van der Waals surface area contributed by atoms with E-state index >= 15 is 0 Å². The summed E-state index contributed by atoms with van der Waals surface area (Å²) < 4.78 is 27.7. The molecule has 0 radical (unpaired) electrons. The molecule has 0 unspecified atom stereocenters. The molecule has 4 N–H and O–H groups in total. The summed E-state index contributed by atoms with van der Waals surface area (Å²) in [6.07, 6.45) is 1.20. The first-order chi connectivity index (χ1) is 10.6. The molecule has 0 saturated heterocycles. The van der Waals surface area contributed by atoms with Crippen LogP contribution < -0.4 is 15.8 Å². The highest BCUT2D eigenvalue weighted by Crippen LogP contribution is 2.24. The molecule has 23 heavy (non-hydrogen) atoms. The lowest BCUT2D eigenvalue weighted by Gasteiger charge is -2.21. The highest BCUT2D eigenvalue weighted by Gasteiger charge is 2.26. The van der Waals surface area contributed by atoms with E-state index in [1.54, 1.807) is 20.8 Å². The third-order valence-electron chi connectivity index (χ3n) is 2.78. The first-order valence-corrected chi connectivity index (χ1v) is 8.55. The minimum absolute atomic E-state index is 0.00476. The Morgan fingerprint density at radius 2 is 1.91 bits per heavy atom.